The Labute approximate surface area is 120 Å². The van der Waals surface area contributed by atoms with Crippen molar-refractivity contribution in [3.8, 4) is 0 Å². The molecule has 1 spiro atoms. The fourth-order valence-corrected chi connectivity index (χ4v) is 3.45. The molecule has 108 valence electrons. The molecule has 0 aromatic heterocycles. The SMILES string of the molecule is O=C(CN1CCC2(CCNCC2)C1)Nc1ccccc1. The molecule has 2 saturated heterocycles. The van der Waals surface area contributed by atoms with E-state index in [4.69, 9.17) is 0 Å². The van der Waals surface area contributed by atoms with Crippen LogP contribution in [0.4, 0.5) is 5.69 Å². The molecule has 4 nitrogen and oxygen atoms in total. The van der Waals surface area contributed by atoms with Gasteiger partial charge in [0, 0.05) is 12.2 Å². The van der Waals surface area contributed by atoms with Gasteiger partial charge in [0.25, 0.3) is 0 Å². The number of likely N-dealkylation sites (tertiary alicyclic amines) is 1. The second kappa shape index (κ2) is 5.94. The molecule has 4 heteroatoms. The van der Waals surface area contributed by atoms with Gasteiger partial charge in [0.2, 0.25) is 5.91 Å². The summed E-state index contributed by atoms with van der Waals surface area (Å²) in [5.41, 5.74) is 1.35. The maximum atomic E-state index is 12.1. The van der Waals surface area contributed by atoms with Crippen molar-refractivity contribution >= 4 is 11.6 Å². The molecule has 0 unspecified atom stereocenters. The summed E-state index contributed by atoms with van der Waals surface area (Å²) in [6.45, 7) is 4.91. The van der Waals surface area contributed by atoms with E-state index in [0.717, 1.165) is 31.9 Å². The van der Waals surface area contributed by atoms with Crippen molar-refractivity contribution in [2.24, 2.45) is 5.41 Å². The quantitative estimate of drug-likeness (QED) is 0.881. The van der Waals surface area contributed by atoms with Crippen molar-refractivity contribution in [1.82, 2.24) is 10.2 Å². The molecule has 0 bridgehead atoms. The first kappa shape index (κ1) is 13.6. The summed E-state index contributed by atoms with van der Waals surface area (Å²) in [6.07, 6.45) is 3.75. The molecule has 20 heavy (non-hydrogen) atoms. The molecular formula is C16H23N3O. The van der Waals surface area contributed by atoms with Gasteiger partial charge in [0.05, 0.1) is 6.54 Å². The van der Waals surface area contributed by atoms with Crippen molar-refractivity contribution in [2.45, 2.75) is 19.3 Å². The van der Waals surface area contributed by atoms with Crippen LogP contribution >= 0.6 is 0 Å². The van der Waals surface area contributed by atoms with Crippen molar-refractivity contribution < 1.29 is 4.79 Å². The molecular weight excluding hydrogens is 250 g/mol. The number of hydrogen-bond donors (Lipinski definition) is 2. The highest BCUT2D eigenvalue weighted by atomic mass is 16.2. The lowest BCUT2D eigenvalue weighted by Gasteiger charge is -2.33. The molecule has 1 amide bonds. The Bertz CT molecular complexity index is 454. The standard InChI is InChI=1S/C16H23N3O/c20-15(18-14-4-2-1-3-5-14)12-19-11-8-16(13-19)6-9-17-10-7-16/h1-5,17H,6-13H2,(H,18,20). The number of amides is 1. The summed E-state index contributed by atoms with van der Waals surface area (Å²) in [6, 6.07) is 9.69. The Morgan fingerprint density at radius 2 is 1.95 bits per heavy atom. The summed E-state index contributed by atoms with van der Waals surface area (Å²) in [5, 5.41) is 6.39. The molecule has 2 N–H and O–H groups in total. The van der Waals surface area contributed by atoms with Crippen molar-refractivity contribution in [2.75, 3.05) is 38.0 Å². The molecule has 0 saturated carbocycles. The van der Waals surface area contributed by atoms with Crippen LogP contribution in [-0.4, -0.2) is 43.5 Å². The van der Waals surface area contributed by atoms with Gasteiger partial charge in [-0.2, -0.15) is 0 Å². The molecule has 3 rings (SSSR count). The second-order valence-electron chi connectivity index (χ2n) is 6.12. The Hall–Kier alpha value is -1.39. The molecule has 2 aliphatic rings. The lowest BCUT2D eigenvalue weighted by Crippen LogP contribution is -2.40. The zero-order valence-corrected chi connectivity index (χ0v) is 11.9. The normalized spacial score (nSPS) is 22.0. The zero-order valence-electron chi connectivity index (χ0n) is 11.9. The number of piperidine rings is 1. The van der Waals surface area contributed by atoms with Gasteiger partial charge in [-0.1, -0.05) is 18.2 Å². The maximum absolute atomic E-state index is 12.1. The summed E-state index contributed by atoms with van der Waals surface area (Å²) < 4.78 is 0. The molecule has 1 aromatic carbocycles. The third-order valence-electron chi connectivity index (χ3n) is 4.61. The highest BCUT2D eigenvalue weighted by molar-refractivity contribution is 5.92. The average Bonchev–Trinajstić information content (AvgIpc) is 2.83. The lowest BCUT2D eigenvalue weighted by atomic mass is 9.78. The summed E-state index contributed by atoms with van der Waals surface area (Å²) in [7, 11) is 0. The predicted octanol–water partition coefficient (Wildman–Crippen LogP) is 1.70. The van der Waals surface area contributed by atoms with E-state index in [0.29, 0.717) is 12.0 Å². The number of nitrogens with zero attached hydrogens (tertiary/aromatic N) is 1. The number of nitrogens with one attached hydrogen (secondary N) is 2. The van der Waals surface area contributed by atoms with Crippen LogP contribution in [-0.2, 0) is 4.79 Å². The summed E-state index contributed by atoms with van der Waals surface area (Å²) in [5.74, 6) is 0.0992. The molecule has 0 aliphatic carbocycles. The minimum absolute atomic E-state index is 0.0992. The monoisotopic (exact) mass is 273 g/mol. The molecule has 0 atom stereocenters. The van der Waals surface area contributed by atoms with Gasteiger partial charge in [-0.05, 0) is 56.4 Å². The number of carbonyl (C=O) groups is 1. The number of hydrogen-bond acceptors (Lipinski definition) is 3. The molecule has 2 aliphatic heterocycles. The van der Waals surface area contributed by atoms with E-state index >= 15 is 0 Å². The van der Waals surface area contributed by atoms with Gasteiger partial charge >= 0.3 is 0 Å². The van der Waals surface area contributed by atoms with Crippen molar-refractivity contribution in [3.63, 3.8) is 0 Å². The molecule has 1 aromatic rings. The molecule has 2 fully saturated rings. The fraction of sp³-hybridized carbons (Fsp3) is 0.562. The Morgan fingerprint density at radius 3 is 2.70 bits per heavy atom. The lowest BCUT2D eigenvalue weighted by molar-refractivity contribution is -0.117. The number of benzene rings is 1. The fourth-order valence-electron chi connectivity index (χ4n) is 3.45. The van der Waals surface area contributed by atoms with Crippen LogP contribution in [0.25, 0.3) is 0 Å². The van der Waals surface area contributed by atoms with Gasteiger partial charge in [-0.15, -0.1) is 0 Å². The Morgan fingerprint density at radius 1 is 1.20 bits per heavy atom. The summed E-state index contributed by atoms with van der Waals surface area (Å²) >= 11 is 0. The molecule has 0 radical (unpaired) electrons. The van der Waals surface area contributed by atoms with E-state index in [1.165, 1.54) is 19.3 Å². The maximum Gasteiger partial charge on any atom is 0.238 e. The largest absolute Gasteiger partial charge is 0.325 e. The van der Waals surface area contributed by atoms with Crippen LogP contribution in [0, 0.1) is 5.41 Å². The second-order valence-corrected chi connectivity index (χ2v) is 6.12. The minimum Gasteiger partial charge on any atom is -0.325 e. The molecule has 2 heterocycles. The number of carbonyl (C=O) groups excluding carboxylic acids is 1. The van der Waals surface area contributed by atoms with E-state index in [2.05, 4.69) is 15.5 Å². The number of rotatable bonds is 3. The first-order valence-electron chi connectivity index (χ1n) is 7.54. The third-order valence-corrected chi connectivity index (χ3v) is 4.61. The van der Waals surface area contributed by atoms with Gasteiger partial charge < -0.3 is 10.6 Å². The highest BCUT2D eigenvalue weighted by Crippen LogP contribution is 2.38. The van der Waals surface area contributed by atoms with Gasteiger partial charge in [-0.3, -0.25) is 9.69 Å². The van der Waals surface area contributed by atoms with Crippen LogP contribution in [0.2, 0.25) is 0 Å². The van der Waals surface area contributed by atoms with E-state index in [1.54, 1.807) is 0 Å². The van der Waals surface area contributed by atoms with Gasteiger partial charge in [0.15, 0.2) is 0 Å². The van der Waals surface area contributed by atoms with Crippen molar-refractivity contribution in [3.05, 3.63) is 30.3 Å². The Balaban J connectivity index is 1.50. The van der Waals surface area contributed by atoms with Gasteiger partial charge in [-0.25, -0.2) is 0 Å². The zero-order chi connectivity index (χ0) is 13.8. The van der Waals surface area contributed by atoms with Crippen molar-refractivity contribution in [1.29, 1.82) is 0 Å². The number of para-hydroxylation sites is 1. The van der Waals surface area contributed by atoms with Crippen LogP contribution in [0.1, 0.15) is 19.3 Å². The van der Waals surface area contributed by atoms with Gasteiger partial charge in [0.1, 0.15) is 0 Å². The van der Waals surface area contributed by atoms with E-state index in [1.807, 2.05) is 30.3 Å². The summed E-state index contributed by atoms with van der Waals surface area (Å²) in [4.78, 5) is 14.4. The van der Waals surface area contributed by atoms with Crippen LogP contribution in [0.5, 0.6) is 0 Å². The first-order chi connectivity index (χ1) is 9.76. The number of anilines is 1. The average molecular weight is 273 g/mol. The van der Waals surface area contributed by atoms with Crippen LogP contribution in [0.3, 0.4) is 0 Å². The minimum atomic E-state index is 0.0992. The Kier molecular flexibility index (Phi) is 4.03. The predicted molar refractivity (Wildman–Crippen MR) is 80.7 cm³/mol. The first-order valence-corrected chi connectivity index (χ1v) is 7.54. The smallest absolute Gasteiger partial charge is 0.238 e. The van der Waals surface area contributed by atoms with E-state index in [-0.39, 0.29) is 5.91 Å². The van der Waals surface area contributed by atoms with E-state index in [9.17, 15) is 4.79 Å². The third kappa shape index (κ3) is 3.19. The topological polar surface area (TPSA) is 44.4 Å². The van der Waals surface area contributed by atoms with Crippen LogP contribution < -0.4 is 10.6 Å². The highest BCUT2D eigenvalue weighted by Gasteiger charge is 2.39. The van der Waals surface area contributed by atoms with E-state index < -0.39 is 0 Å². The van der Waals surface area contributed by atoms with Crippen LogP contribution in [0.15, 0.2) is 30.3 Å².